The van der Waals surface area contributed by atoms with Crippen LogP contribution in [0.15, 0.2) is 53.4 Å². The number of benzene rings is 2. The Morgan fingerprint density at radius 3 is 2.43 bits per heavy atom. The number of aromatic nitrogens is 1. The summed E-state index contributed by atoms with van der Waals surface area (Å²) in [6.45, 7) is 7.48. The van der Waals surface area contributed by atoms with Gasteiger partial charge in [0, 0.05) is 18.0 Å². The average molecular weight is 509 g/mol. The number of thiazole rings is 1. The fraction of sp³-hybridized carbons (Fsp3) is 0.346. The van der Waals surface area contributed by atoms with E-state index < -0.39 is 9.84 Å². The van der Waals surface area contributed by atoms with Crippen molar-refractivity contribution in [3.8, 4) is 6.07 Å². The van der Waals surface area contributed by atoms with Crippen LogP contribution in [0.4, 0.5) is 5.13 Å². The Balaban J connectivity index is 1.41. The normalized spacial score (nSPS) is 15.7. The summed E-state index contributed by atoms with van der Waals surface area (Å²) in [5, 5.41) is 12.5. The molecule has 0 spiro atoms. The first-order valence-electron chi connectivity index (χ1n) is 11.5. The van der Waals surface area contributed by atoms with Crippen LogP contribution in [0.3, 0.4) is 0 Å². The van der Waals surface area contributed by atoms with Gasteiger partial charge in [-0.2, -0.15) is 5.26 Å². The third-order valence-electron chi connectivity index (χ3n) is 6.12. The molecule has 0 bridgehead atoms. The number of hydrogen-bond donors (Lipinski definition) is 1. The molecule has 35 heavy (non-hydrogen) atoms. The van der Waals surface area contributed by atoms with Gasteiger partial charge in [-0.25, -0.2) is 13.4 Å². The second-order valence-electron chi connectivity index (χ2n) is 9.00. The van der Waals surface area contributed by atoms with Crippen molar-refractivity contribution in [3.05, 3.63) is 75.8 Å². The minimum absolute atomic E-state index is 0.0455. The van der Waals surface area contributed by atoms with Crippen LogP contribution in [0.5, 0.6) is 0 Å². The highest BCUT2D eigenvalue weighted by Gasteiger charge is 2.36. The molecule has 4 rings (SSSR count). The minimum atomic E-state index is -3.26. The lowest BCUT2D eigenvalue weighted by Crippen LogP contribution is -2.26. The van der Waals surface area contributed by atoms with Crippen molar-refractivity contribution in [1.29, 1.82) is 5.26 Å². The molecule has 1 aliphatic heterocycles. The maximum Gasteiger partial charge on any atom is 0.230 e. The van der Waals surface area contributed by atoms with E-state index in [9.17, 15) is 13.2 Å². The molecule has 0 fully saturated rings. The monoisotopic (exact) mass is 508 g/mol. The number of carbonyl (C=O) groups excluding carboxylic acids is 1. The largest absolute Gasteiger partial charge is 0.302 e. The summed E-state index contributed by atoms with van der Waals surface area (Å²) in [7, 11) is -3.26. The van der Waals surface area contributed by atoms with Crippen molar-refractivity contribution >= 4 is 32.2 Å². The van der Waals surface area contributed by atoms with Crippen LogP contribution in [0, 0.1) is 17.2 Å². The minimum Gasteiger partial charge on any atom is -0.302 e. The van der Waals surface area contributed by atoms with Gasteiger partial charge in [0.15, 0.2) is 15.0 Å². The molecule has 1 atom stereocenters. The van der Waals surface area contributed by atoms with Crippen molar-refractivity contribution in [2.75, 3.05) is 11.1 Å². The predicted octanol–water partition coefficient (Wildman–Crippen LogP) is 4.70. The fourth-order valence-electron chi connectivity index (χ4n) is 4.36. The van der Waals surface area contributed by atoms with E-state index in [1.807, 2.05) is 24.3 Å². The van der Waals surface area contributed by atoms with E-state index >= 15 is 0 Å². The van der Waals surface area contributed by atoms with E-state index in [0.29, 0.717) is 16.6 Å². The summed E-state index contributed by atoms with van der Waals surface area (Å²) in [6.07, 6.45) is 0.148. The molecule has 1 amide bonds. The van der Waals surface area contributed by atoms with Crippen molar-refractivity contribution < 1.29 is 13.2 Å². The number of hydrogen-bond acceptors (Lipinski definition) is 7. The van der Waals surface area contributed by atoms with E-state index in [1.54, 1.807) is 31.2 Å². The molecule has 1 aromatic heterocycles. The Morgan fingerprint density at radius 1 is 1.17 bits per heavy atom. The Hall–Kier alpha value is -3.06. The van der Waals surface area contributed by atoms with Crippen molar-refractivity contribution in [3.63, 3.8) is 0 Å². The number of carbonyl (C=O) groups is 1. The second kappa shape index (κ2) is 10.3. The van der Waals surface area contributed by atoms with Crippen LogP contribution in [-0.4, -0.2) is 30.0 Å². The number of nitrogens with one attached hydrogen (secondary N) is 1. The summed E-state index contributed by atoms with van der Waals surface area (Å²) in [4.78, 5) is 21.2. The lowest BCUT2D eigenvalue weighted by molar-refractivity contribution is -0.115. The molecule has 7 nitrogen and oxygen atoms in total. The van der Waals surface area contributed by atoms with Gasteiger partial charge in [-0.3, -0.25) is 9.69 Å². The quantitative estimate of drug-likeness (QED) is 0.473. The van der Waals surface area contributed by atoms with Crippen LogP contribution in [0.25, 0.3) is 0 Å². The Bertz CT molecular complexity index is 1360. The third-order valence-corrected chi connectivity index (χ3v) is 8.84. The zero-order valence-corrected chi connectivity index (χ0v) is 21.6. The molecule has 0 saturated carbocycles. The molecule has 3 aromatic rings. The maximum atomic E-state index is 12.6. The number of fused-ring (bicyclic) bond motifs is 1. The first-order chi connectivity index (χ1) is 16.7. The Morgan fingerprint density at radius 2 is 1.83 bits per heavy atom. The predicted molar refractivity (Wildman–Crippen MR) is 137 cm³/mol. The van der Waals surface area contributed by atoms with Gasteiger partial charge in [0.2, 0.25) is 5.91 Å². The molecule has 9 heteroatoms. The molecule has 2 heterocycles. The number of anilines is 1. The van der Waals surface area contributed by atoms with Gasteiger partial charge >= 0.3 is 0 Å². The van der Waals surface area contributed by atoms with E-state index in [4.69, 9.17) is 10.2 Å². The van der Waals surface area contributed by atoms with Gasteiger partial charge in [-0.05, 0) is 41.3 Å². The molecular weight excluding hydrogens is 480 g/mol. The number of nitriles is 1. The van der Waals surface area contributed by atoms with Gasteiger partial charge in [-0.1, -0.05) is 45.0 Å². The number of amides is 1. The van der Waals surface area contributed by atoms with E-state index in [-0.39, 0.29) is 29.0 Å². The van der Waals surface area contributed by atoms with Gasteiger partial charge < -0.3 is 5.32 Å². The van der Waals surface area contributed by atoms with Crippen LogP contribution < -0.4 is 5.32 Å². The zero-order valence-electron chi connectivity index (χ0n) is 20.0. The fourth-order valence-corrected chi connectivity index (χ4v) is 6.29. The second-order valence-corrected chi connectivity index (χ2v) is 12.4. The molecule has 1 N–H and O–H groups in total. The zero-order chi connectivity index (χ0) is 25.2. The highest BCUT2D eigenvalue weighted by molar-refractivity contribution is 7.91. The van der Waals surface area contributed by atoms with Gasteiger partial charge in [0.25, 0.3) is 0 Å². The summed E-state index contributed by atoms with van der Waals surface area (Å²) in [5.74, 6) is 0.210. The Kier molecular flexibility index (Phi) is 7.36. The highest BCUT2D eigenvalue weighted by atomic mass is 32.2. The highest BCUT2D eigenvalue weighted by Crippen LogP contribution is 2.43. The molecule has 1 aliphatic rings. The van der Waals surface area contributed by atoms with E-state index in [2.05, 4.69) is 30.1 Å². The lowest BCUT2D eigenvalue weighted by Gasteiger charge is -2.27. The van der Waals surface area contributed by atoms with Gasteiger partial charge in [-0.15, -0.1) is 11.3 Å². The van der Waals surface area contributed by atoms with Crippen LogP contribution in [0.2, 0.25) is 0 Å². The first-order valence-corrected chi connectivity index (χ1v) is 14.0. The summed E-state index contributed by atoms with van der Waals surface area (Å²) < 4.78 is 23.9. The maximum absolute atomic E-state index is 12.6. The third kappa shape index (κ3) is 5.61. The smallest absolute Gasteiger partial charge is 0.230 e. The van der Waals surface area contributed by atoms with Crippen molar-refractivity contribution in [2.45, 2.75) is 51.2 Å². The standard InChI is InChI=1S/C26H28N4O3S2/c1-4-35(32,33)21-11-9-18(10-12-21)13-23(31)28-26-29-24-22(34-26)16-30(25(24)17(2)3)15-20-7-5-19(14-27)6-8-20/h5-12,17,25H,4,13,15-16H2,1-3H3,(H,28,29,31)/t25-/m1/s1. The van der Waals surface area contributed by atoms with Crippen molar-refractivity contribution in [1.82, 2.24) is 9.88 Å². The van der Waals surface area contributed by atoms with Gasteiger partial charge in [0.1, 0.15) is 0 Å². The van der Waals surface area contributed by atoms with Crippen molar-refractivity contribution in [2.24, 2.45) is 5.92 Å². The van der Waals surface area contributed by atoms with E-state index in [1.165, 1.54) is 11.3 Å². The van der Waals surface area contributed by atoms with Crippen LogP contribution in [0.1, 0.15) is 54.1 Å². The molecule has 0 unspecified atom stereocenters. The topological polar surface area (TPSA) is 103 Å². The number of nitrogens with zero attached hydrogens (tertiary/aromatic N) is 3. The Labute approximate surface area is 210 Å². The summed E-state index contributed by atoms with van der Waals surface area (Å²) in [5.41, 5.74) is 3.56. The van der Waals surface area contributed by atoms with Gasteiger partial charge in [0.05, 0.1) is 40.4 Å². The summed E-state index contributed by atoms with van der Waals surface area (Å²) in [6, 6.07) is 16.4. The SMILES string of the molecule is CCS(=O)(=O)c1ccc(CC(=O)Nc2nc3c(s2)CN(Cc2ccc(C#N)cc2)[C@@H]3C(C)C)cc1. The molecule has 0 aliphatic carbocycles. The first kappa shape index (κ1) is 25.0. The number of rotatable bonds is 8. The molecule has 0 saturated heterocycles. The number of sulfone groups is 1. The molecule has 0 radical (unpaired) electrons. The summed E-state index contributed by atoms with van der Waals surface area (Å²) >= 11 is 1.50. The molecule has 182 valence electrons. The van der Waals surface area contributed by atoms with E-state index in [0.717, 1.165) is 34.8 Å². The molecule has 2 aromatic carbocycles. The lowest BCUT2D eigenvalue weighted by atomic mass is 10.0. The van der Waals surface area contributed by atoms with Crippen LogP contribution in [-0.2, 0) is 34.1 Å². The van der Waals surface area contributed by atoms with Crippen LogP contribution >= 0.6 is 11.3 Å². The molecular formula is C26H28N4O3S2. The average Bonchev–Trinajstić information content (AvgIpc) is 3.36.